The van der Waals surface area contributed by atoms with Gasteiger partial charge in [0.1, 0.15) is 5.41 Å². The SMILES string of the molecule is O=C1Nc2ccccc2C12C=CSC=C2. The van der Waals surface area contributed by atoms with Crippen LogP contribution in [0.5, 0.6) is 0 Å². The van der Waals surface area contributed by atoms with Crippen LogP contribution in [-0.4, -0.2) is 5.91 Å². The van der Waals surface area contributed by atoms with E-state index in [0.29, 0.717) is 0 Å². The van der Waals surface area contributed by atoms with E-state index in [4.69, 9.17) is 0 Å². The third-order valence-corrected chi connectivity index (χ3v) is 3.40. The van der Waals surface area contributed by atoms with Crippen LogP contribution in [0.15, 0.2) is 47.2 Å². The first-order valence-electron chi connectivity index (χ1n) is 4.75. The van der Waals surface area contributed by atoms with Crippen LogP contribution in [-0.2, 0) is 10.2 Å². The van der Waals surface area contributed by atoms with Crippen molar-refractivity contribution < 1.29 is 4.79 Å². The summed E-state index contributed by atoms with van der Waals surface area (Å²) in [6.07, 6.45) is 3.91. The van der Waals surface area contributed by atoms with Crippen molar-refractivity contribution in [3.05, 3.63) is 52.8 Å². The number of hydrogen-bond donors (Lipinski definition) is 1. The second-order valence-corrected chi connectivity index (χ2v) is 4.43. The van der Waals surface area contributed by atoms with Crippen molar-refractivity contribution in [3.8, 4) is 0 Å². The van der Waals surface area contributed by atoms with Crippen LogP contribution in [0, 0.1) is 0 Å². The van der Waals surface area contributed by atoms with Gasteiger partial charge in [-0.2, -0.15) is 0 Å². The predicted molar refractivity (Wildman–Crippen MR) is 62.6 cm³/mol. The summed E-state index contributed by atoms with van der Waals surface area (Å²) in [5.74, 6) is 0.0384. The number of benzene rings is 1. The van der Waals surface area contributed by atoms with Crippen LogP contribution in [0.1, 0.15) is 5.56 Å². The molecule has 0 fully saturated rings. The molecule has 2 nitrogen and oxygen atoms in total. The zero-order valence-electron chi connectivity index (χ0n) is 7.94. The van der Waals surface area contributed by atoms with Crippen molar-refractivity contribution in [1.82, 2.24) is 0 Å². The summed E-state index contributed by atoms with van der Waals surface area (Å²) in [7, 11) is 0. The normalized spacial score (nSPS) is 20.4. The zero-order valence-corrected chi connectivity index (χ0v) is 8.75. The molecule has 1 spiro atoms. The lowest BCUT2D eigenvalue weighted by Crippen LogP contribution is -2.30. The number of rotatable bonds is 0. The summed E-state index contributed by atoms with van der Waals surface area (Å²) >= 11 is 1.59. The number of para-hydroxylation sites is 1. The molecule has 1 aromatic carbocycles. The van der Waals surface area contributed by atoms with Gasteiger partial charge in [-0.3, -0.25) is 4.79 Å². The maximum absolute atomic E-state index is 12.0. The van der Waals surface area contributed by atoms with Crippen molar-refractivity contribution in [2.45, 2.75) is 5.41 Å². The second kappa shape index (κ2) is 3.00. The quantitative estimate of drug-likeness (QED) is 0.720. The molecule has 15 heavy (non-hydrogen) atoms. The van der Waals surface area contributed by atoms with Crippen molar-refractivity contribution in [2.75, 3.05) is 5.32 Å². The Kier molecular flexibility index (Phi) is 1.76. The Hall–Kier alpha value is -1.48. The smallest absolute Gasteiger partial charge is 0.242 e. The van der Waals surface area contributed by atoms with Gasteiger partial charge in [-0.15, -0.1) is 11.8 Å². The molecule has 3 rings (SSSR count). The van der Waals surface area contributed by atoms with Crippen LogP contribution in [0.3, 0.4) is 0 Å². The van der Waals surface area contributed by atoms with E-state index in [2.05, 4.69) is 5.32 Å². The summed E-state index contributed by atoms with van der Waals surface area (Å²) < 4.78 is 0. The topological polar surface area (TPSA) is 29.1 Å². The van der Waals surface area contributed by atoms with E-state index in [1.807, 2.05) is 47.2 Å². The summed E-state index contributed by atoms with van der Waals surface area (Å²) in [6, 6.07) is 7.83. The van der Waals surface area contributed by atoms with Crippen molar-refractivity contribution in [2.24, 2.45) is 0 Å². The Labute approximate surface area is 92.1 Å². The summed E-state index contributed by atoms with van der Waals surface area (Å²) in [5, 5.41) is 6.83. The molecular formula is C12H9NOS. The highest BCUT2D eigenvalue weighted by molar-refractivity contribution is 8.04. The standard InChI is InChI=1S/C12H9NOS/c14-11-12(5-7-15-8-6-12)9-3-1-2-4-10(9)13-11/h1-8H,(H,13,14). The van der Waals surface area contributed by atoms with E-state index in [1.165, 1.54) is 0 Å². The molecule has 2 aliphatic heterocycles. The fraction of sp³-hybridized carbons (Fsp3) is 0.0833. The maximum atomic E-state index is 12.0. The molecule has 0 saturated heterocycles. The molecule has 0 unspecified atom stereocenters. The minimum atomic E-state index is -0.568. The van der Waals surface area contributed by atoms with Crippen molar-refractivity contribution in [1.29, 1.82) is 0 Å². The van der Waals surface area contributed by atoms with Gasteiger partial charge in [-0.1, -0.05) is 30.4 Å². The molecule has 0 bridgehead atoms. The second-order valence-electron chi connectivity index (χ2n) is 3.61. The van der Waals surface area contributed by atoms with Gasteiger partial charge in [0.15, 0.2) is 0 Å². The summed E-state index contributed by atoms with van der Waals surface area (Å²) in [6.45, 7) is 0. The minimum absolute atomic E-state index is 0.0384. The number of fused-ring (bicyclic) bond motifs is 2. The van der Waals surface area contributed by atoms with Crippen LogP contribution in [0.25, 0.3) is 0 Å². The van der Waals surface area contributed by atoms with Gasteiger partial charge in [-0.25, -0.2) is 0 Å². The Morgan fingerprint density at radius 1 is 1.13 bits per heavy atom. The first-order valence-corrected chi connectivity index (χ1v) is 5.69. The van der Waals surface area contributed by atoms with Gasteiger partial charge in [-0.05, 0) is 22.4 Å². The Morgan fingerprint density at radius 2 is 1.87 bits per heavy atom. The van der Waals surface area contributed by atoms with Gasteiger partial charge in [0, 0.05) is 5.69 Å². The van der Waals surface area contributed by atoms with Gasteiger partial charge >= 0.3 is 0 Å². The third kappa shape index (κ3) is 1.10. The molecule has 0 aromatic heterocycles. The van der Waals surface area contributed by atoms with Crippen molar-refractivity contribution in [3.63, 3.8) is 0 Å². The molecule has 3 heteroatoms. The van der Waals surface area contributed by atoms with Crippen LogP contribution in [0.4, 0.5) is 5.69 Å². The molecule has 0 saturated carbocycles. The first kappa shape index (κ1) is 8.80. The average molecular weight is 215 g/mol. The molecule has 0 aliphatic carbocycles. The third-order valence-electron chi connectivity index (χ3n) is 2.82. The highest BCUT2D eigenvalue weighted by Crippen LogP contribution is 2.42. The largest absolute Gasteiger partial charge is 0.324 e. The van der Waals surface area contributed by atoms with Gasteiger partial charge in [0.05, 0.1) is 0 Å². The van der Waals surface area contributed by atoms with Gasteiger partial charge < -0.3 is 5.32 Å². The van der Waals surface area contributed by atoms with Crippen LogP contribution < -0.4 is 5.32 Å². The molecular weight excluding hydrogens is 206 g/mol. The molecule has 2 heterocycles. The lowest BCUT2D eigenvalue weighted by Gasteiger charge is -2.21. The van der Waals surface area contributed by atoms with E-state index < -0.39 is 5.41 Å². The van der Waals surface area contributed by atoms with E-state index >= 15 is 0 Å². The lowest BCUT2D eigenvalue weighted by atomic mass is 9.82. The van der Waals surface area contributed by atoms with Crippen molar-refractivity contribution >= 4 is 23.4 Å². The number of amides is 1. The fourth-order valence-corrected chi connectivity index (χ4v) is 2.70. The van der Waals surface area contributed by atoms with E-state index in [9.17, 15) is 4.79 Å². The fourth-order valence-electron chi connectivity index (χ4n) is 2.03. The number of carbonyl (C=O) groups is 1. The average Bonchev–Trinajstić information content (AvgIpc) is 2.55. The number of carbonyl (C=O) groups excluding carboxylic acids is 1. The molecule has 74 valence electrons. The number of nitrogens with one attached hydrogen (secondary N) is 1. The first-order chi connectivity index (χ1) is 7.33. The van der Waals surface area contributed by atoms with E-state index in [0.717, 1.165) is 11.3 Å². The van der Waals surface area contributed by atoms with Gasteiger partial charge in [0.2, 0.25) is 5.91 Å². The van der Waals surface area contributed by atoms with E-state index in [-0.39, 0.29) is 5.91 Å². The summed E-state index contributed by atoms with van der Waals surface area (Å²) in [4.78, 5) is 12.0. The number of anilines is 1. The molecule has 0 radical (unpaired) electrons. The zero-order chi connectivity index (χ0) is 10.3. The number of hydrogen-bond acceptors (Lipinski definition) is 2. The Morgan fingerprint density at radius 3 is 2.67 bits per heavy atom. The van der Waals surface area contributed by atoms with Crippen LogP contribution in [0.2, 0.25) is 0 Å². The highest BCUT2D eigenvalue weighted by Gasteiger charge is 2.43. The lowest BCUT2D eigenvalue weighted by molar-refractivity contribution is -0.118. The maximum Gasteiger partial charge on any atom is 0.242 e. The molecule has 1 N–H and O–H groups in total. The Balaban J connectivity index is 2.25. The monoisotopic (exact) mass is 215 g/mol. The van der Waals surface area contributed by atoms with Crippen LogP contribution >= 0.6 is 11.8 Å². The predicted octanol–water partition coefficient (Wildman–Crippen LogP) is 2.65. The highest BCUT2D eigenvalue weighted by atomic mass is 32.2. The number of thioether (sulfide) groups is 1. The van der Waals surface area contributed by atoms with E-state index in [1.54, 1.807) is 11.8 Å². The Bertz CT molecular complexity index is 478. The molecule has 2 aliphatic rings. The minimum Gasteiger partial charge on any atom is -0.324 e. The molecule has 1 aromatic rings. The molecule has 1 amide bonds. The van der Waals surface area contributed by atoms with Gasteiger partial charge in [0.25, 0.3) is 0 Å². The molecule has 0 atom stereocenters. The summed E-state index contributed by atoms with van der Waals surface area (Å²) in [5.41, 5.74) is 1.40.